The maximum Gasteiger partial charge on any atom is 0.227 e. The van der Waals surface area contributed by atoms with Gasteiger partial charge in [-0.05, 0) is 12.1 Å². The summed E-state index contributed by atoms with van der Waals surface area (Å²) in [5.74, 6) is 0.641. The number of aryl methyl sites for hydroxylation is 1. The summed E-state index contributed by atoms with van der Waals surface area (Å²) in [6.07, 6.45) is 5.36. The minimum Gasteiger partial charge on any atom is -0.463 e. The highest BCUT2D eigenvalue weighted by Gasteiger charge is 2.17. The maximum absolute atomic E-state index is 12.2. The third-order valence-electron chi connectivity index (χ3n) is 3.90. The predicted octanol–water partition coefficient (Wildman–Crippen LogP) is 4.30. The van der Waals surface area contributed by atoms with Gasteiger partial charge < -0.3 is 14.3 Å². The number of thiazole rings is 1. The molecule has 1 aromatic carbocycles. The lowest BCUT2D eigenvalue weighted by Gasteiger charge is -2.08. The lowest BCUT2D eigenvalue weighted by Crippen LogP contribution is -2.14. The van der Waals surface area contributed by atoms with Crippen LogP contribution in [0.2, 0.25) is 0 Å². The van der Waals surface area contributed by atoms with Crippen LogP contribution in [-0.4, -0.2) is 20.4 Å². The maximum atomic E-state index is 12.2. The van der Waals surface area contributed by atoms with E-state index in [9.17, 15) is 4.79 Å². The molecule has 130 valence electrons. The highest BCUT2D eigenvalue weighted by Crippen LogP contribution is 2.31. The molecule has 0 radical (unpaired) electrons. The second-order valence-corrected chi connectivity index (χ2v) is 6.51. The van der Waals surface area contributed by atoms with Crippen molar-refractivity contribution >= 4 is 22.4 Å². The number of imidazole rings is 1. The first kappa shape index (κ1) is 16.3. The Morgan fingerprint density at radius 1 is 1.15 bits per heavy atom. The van der Waals surface area contributed by atoms with Crippen LogP contribution in [0.3, 0.4) is 0 Å². The second-order valence-electron chi connectivity index (χ2n) is 5.61. The third kappa shape index (κ3) is 3.43. The SMILES string of the molecule is O=C(CCn1cnc(-c2ccccc2)c1-c1ccco1)Nc1nccs1. The van der Waals surface area contributed by atoms with Crippen molar-refractivity contribution in [3.05, 3.63) is 66.6 Å². The van der Waals surface area contributed by atoms with Crippen molar-refractivity contribution < 1.29 is 9.21 Å². The first-order valence-corrected chi connectivity index (χ1v) is 9.03. The fourth-order valence-corrected chi connectivity index (χ4v) is 3.26. The van der Waals surface area contributed by atoms with Crippen LogP contribution in [0, 0.1) is 0 Å². The van der Waals surface area contributed by atoms with Gasteiger partial charge in [0.25, 0.3) is 0 Å². The Kier molecular flexibility index (Phi) is 4.61. The highest BCUT2D eigenvalue weighted by molar-refractivity contribution is 7.13. The summed E-state index contributed by atoms with van der Waals surface area (Å²) in [5, 5.41) is 5.23. The molecule has 0 bridgehead atoms. The van der Waals surface area contributed by atoms with Gasteiger partial charge in [0.2, 0.25) is 5.91 Å². The van der Waals surface area contributed by atoms with Crippen molar-refractivity contribution in [1.29, 1.82) is 0 Å². The van der Waals surface area contributed by atoms with E-state index < -0.39 is 0 Å². The average molecular weight is 364 g/mol. The standard InChI is InChI=1S/C19H16N4O2S/c24-16(22-19-20-9-12-26-19)8-10-23-13-21-17(14-5-2-1-3-6-14)18(23)15-7-4-11-25-15/h1-7,9,11-13H,8,10H2,(H,20,22,24). The van der Waals surface area contributed by atoms with E-state index >= 15 is 0 Å². The number of aromatic nitrogens is 3. The predicted molar refractivity (Wildman–Crippen MR) is 101 cm³/mol. The molecule has 1 N–H and O–H groups in total. The molecule has 0 aliphatic heterocycles. The van der Waals surface area contributed by atoms with E-state index in [0.717, 1.165) is 22.7 Å². The molecule has 0 saturated carbocycles. The topological polar surface area (TPSA) is 73.0 Å². The summed E-state index contributed by atoms with van der Waals surface area (Å²) in [6.45, 7) is 0.493. The summed E-state index contributed by atoms with van der Waals surface area (Å²) >= 11 is 1.40. The first-order chi connectivity index (χ1) is 12.8. The van der Waals surface area contributed by atoms with E-state index in [4.69, 9.17) is 4.42 Å². The zero-order valence-corrected chi connectivity index (χ0v) is 14.6. The quantitative estimate of drug-likeness (QED) is 0.554. The molecule has 0 saturated heterocycles. The second kappa shape index (κ2) is 7.37. The molecule has 0 aliphatic rings. The number of furan rings is 1. The van der Waals surface area contributed by atoms with Crippen LogP contribution in [0.1, 0.15) is 6.42 Å². The molecule has 4 rings (SSSR count). The summed E-state index contributed by atoms with van der Waals surface area (Å²) in [6, 6.07) is 13.7. The van der Waals surface area contributed by atoms with E-state index in [0.29, 0.717) is 18.1 Å². The van der Waals surface area contributed by atoms with Crippen LogP contribution in [-0.2, 0) is 11.3 Å². The summed E-state index contributed by atoms with van der Waals surface area (Å²) in [4.78, 5) is 20.8. The van der Waals surface area contributed by atoms with Crippen LogP contribution in [0.4, 0.5) is 5.13 Å². The number of hydrogen-bond acceptors (Lipinski definition) is 5. The number of carbonyl (C=O) groups excluding carboxylic acids is 1. The van der Waals surface area contributed by atoms with E-state index in [-0.39, 0.29) is 5.91 Å². The van der Waals surface area contributed by atoms with E-state index in [1.165, 1.54) is 11.3 Å². The Hall–Kier alpha value is -3.19. The van der Waals surface area contributed by atoms with Crippen molar-refractivity contribution in [1.82, 2.24) is 14.5 Å². The van der Waals surface area contributed by atoms with Gasteiger partial charge in [-0.15, -0.1) is 11.3 Å². The van der Waals surface area contributed by atoms with Gasteiger partial charge in [-0.3, -0.25) is 4.79 Å². The fourth-order valence-electron chi connectivity index (χ4n) is 2.72. The van der Waals surface area contributed by atoms with Crippen LogP contribution in [0.5, 0.6) is 0 Å². The number of nitrogens with one attached hydrogen (secondary N) is 1. The number of benzene rings is 1. The summed E-state index contributed by atoms with van der Waals surface area (Å²) in [5.41, 5.74) is 2.70. The number of carbonyl (C=O) groups is 1. The van der Waals surface area contributed by atoms with Gasteiger partial charge in [-0.25, -0.2) is 9.97 Å². The van der Waals surface area contributed by atoms with Gasteiger partial charge >= 0.3 is 0 Å². The number of hydrogen-bond donors (Lipinski definition) is 1. The molecule has 6 nitrogen and oxygen atoms in total. The van der Waals surface area contributed by atoms with Crippen molar-refractivity contribution in [2.75, 3.05) is 5.32 Å². The number of anilines is 1. The zero-order chi connectivity index (χ0) is 17.8. The van der Waals surface area contributed by atoms with Crippen LogP contribution < -0.4 is 5.32 Å². The molecule has 7 heteroatoms. The van der Waals surface area contributed by atoms with Crippen molar-refractivity contribution in [2.45, 2.75) is 13.0 Å². The Labute approximate surface area is 154 Å². The average Bonchev–Trinajstić information content (AvgIpc) is 3.41. The molecule has 3 heterocycles. The van der Waals surface area contributed by atoms with Gasteiger partial charge in [0, 0.05) is 30.1 Å². The molecule has 3 aromatic heterocycles. The van der Waals surface area contributed by atoms with Crippen LogP contribution in [0.25, 0.3) is 22.7 Å². The van der Waals surface area contributed by atoms with Crippen molar-refractivity contribution in [3.8, 4) is 22.7 Å². The van der Waals surface area contributed by atoms with Crippen LogP contribution >= 0.6 is 11.3 Å². The number of nitrogens with zero attached hydrogens (tertiary/aromatic N) is 3. The van der Waals surface area contributed by atoms with Crippen molar-refractivity contribution in [2.24, 2.45) is 0 Å². The Bertz CT molecular complexity index is 976. The van der Waals surface area contributed by atoms with Gasteiger partial charge in [0.1, 0.15) is 5.69 Å². The lowest BCUT2D eigenvalue weighted by atomic mass is 10.1. The third-order valence-corrected chi connectivity index (χ3v) is 4.59. The fraction of sp³-hybridized carbons (Fsp3) is 0.105. The largest absolute Gasteiger partial charge is 0.463 e. The number of rotatable bonds is 6. The minimum absolute atomic E-state index is 0.0830. The van der Waals surface area contributed by atoms with E-state index in [2.05, 4.69) is 15.3 Å². The first-order valence-electron chi connectivity index (χ1n) is 8.15. The molecule has 0 unspecified atom stereocenters. The Balaban J connectivity index is 1.58. The lowest BCUT2D eigenvalue weighted by molar-refractivity contribution is -0.116. The smallest absolute Gasteiger partial charge is 0.227 e. The molecule has 1 amide bonds. The monoisotopic (exact) mass is 364 g/mol. The molecule has 26 heavy (non-hydrogen) atoms. The van der Waals surface area contributed by atoms with Crippen molar-refractivity contribution in [3.63, 3.8) is 0 Å². The van der Waals surface area contributed by atoms with Crippen LogP contribution in [0.15, 0.2) is 71.0 Å². The molecular formula is C19H16N4O2S. The molecule has 0 atom stereocenters. The van der Waals surface area contributed by atoms with Gasteiger partial charge in [-0.1, -0.05) is 30.3 Å². The Morgan fingerprint density at radius 3 is 2.77 bits per heavy atom. The van der Waals surface area contributed by atoms with Gasteiger partial charge in [-0.2, -0.15) is 0 Å². The zero-order valence-electron chi connectivity index (χ0n) is 13.8. The Morgan fingerprint density at radius 2 is 2.04 bits per heavy atom. The highest BCUT2D eigenvalue weighted by atomic mass is 32.1. The molecule has 0 fully saturated rings. The number of amides is 1. The normalized spacial score (nSPS) is 10.8. The summed E-state index contributed by atoms with van der Waals surface area (Å²) < 4.78 is 7.55. The van der Waals surface area contributed by atoms with Gasteiger partial charge in [0.15, 0.2) is 10.9 Å². The molecule has 0 spiro atoms. The molecular weight excluding hydrogens is 348 g/mol. The molecule has 4 aromatic rings. The van der Waals surface area contributed by atoms with E-state index in [1.807, 2.05) is 52.4 Å². The van der Waals surface area contributed by atoms with E-state index in [1.54, 1.807) is 18.8 Å². The minimum atomic E-state index is -0.0830. The summed E-state index contributed by atoms with van der Waals surface area (Å²) in [7, 11) is 0. The van der Waals surface area contributed by atoms with Gasteiger partial charge in [0.05, 0.1) is 18.3 Å². The molecule has 0 aliphatic carbocycles.